The van der Waals surface area contributed by atoms with Gasteiger partial charge in [-0.2, -0.15) is 0 Å². The van der Waals surface area contributed by atoms with Crippen LogP contribution >= 0.6 is 25.8 Å². The average Bonchev–Trinajstić information content (AvgIpc) is 1.12. The fourth-order valence-corrected chi connectivity index (χ4v) is 0. The minimum Gasteiger partial charge on any atom is -0.325 e. The zero-order chi connectivity index (χ0) is 9.00. The zero-order valence-electron chi connectivity index (χ0n) is 5.39. The van der Waals surface area contributed by atoms with Crippen LogP contribution in [0.5, 0.6) is 0 Å². The summed E-state index contributed by atoms with van der Waals surface area (Å²) in [6.45, 7) is -7.75. The van der Waals surface area contributed by atoms with Crippen molar-refractivity contribution < 1.29 is 30.5 Å². The molecule has 0 amide bonds. The average molecular weight is 229 g/mol. The Bertz CT molecular complexity index is 131. The summed E-state index contributed by atoms with van der Waals surface area (Å²) in [6.07, 6.45) is 0. The largest absolute Gasteiger partial charge is 1.00 e. The molecule has 0 saturated carbocycles. The molecular weight excluding hydrogens is 222 g/mol. The van der Waals surface area contributed by atoms with E-state index in [-0.39, 0.29) is 1.43 Å². The molecule has 0 aromatic heterocycles. The molecule has 0 atom stereocenters. The summed E-state index contributed by atoms with van der Waals surface area (Å²) in [7, 11) is 0. The van der Waals surface area contributed by atoms with Gasteiger partial charge in [0.05, 0.1) is 0 Å². The summed E-state index contributed by atoms with van der Waals surface area (Å²) in [5, 5.41) is 0. The Kier molecular flexibility index (Phi) is 6.56. The number of hydrogen-bond donors (Lipinski definition) is 6. The highest BCUT2D eigenvalue weighted by Crippen LogP contribution is 2.39. The van der Waals surface area contributed by atoms with E-state index in [1.165, 1.54) is 0 Å². The fraction of sp³-hybridized carbons (Fsp3) is 0. The lowest BCUT2D eigenvalue weighted by molar-refractivity contribution is 0.363. The van der Waals surface area contributed by atoms with Crippen molar-refractivity contribution in [3.8, 4) is 0 Å². The molecule has 0 saturated heterocycles. The van der Waals surface area contributed by atoms with Crippen LogP contribution in [0.25, 0.3) is 0 Å². The predicted octanol–water partition coefficient (Wildman–Crippen LogP) is -0.691. The van der Waals surface area contributed by atoms with Crippen LogP contribution in [0, 0.1) is 0 Å². The van der Waals surface area contributed by atoms with Crippen LogP contribution in [-0.2, 0) is 16.4 Å². The molecule has 0 aromatic rings. The first-order valence-corrected chi connectivity index (χ1v) is 6.99. The second-order valence-corrected chi connectivity index (χ2v) is 6.11. The monoisotopic (exact) mass is 229 g/mol. The maximum Gasteiger partial charge on any atom is 1.00 e. The van der Waals surface area contributed by atoms with Crippen molar-refractivity contribution in [3.05, 3.63) is 0 Å². The van der Waals surface area contributed by atoms with Gasteiger partial charge in [0.1, 0.15) is 0 Å². The number of rotatable bonds is 0. The highest BCUT2D eigenvalue weighted by molar-refractivity contribution is 8.43. The highest BCUT2D eigenvalue weighted by atomic mass is 32.7. The lowest BCUT2D eigenvalue weighted by Crippen LogP contribution is -1.65. The summed E-state index contributed by atoms with van der Waals surface area (Å²) in [6, 6.07) is 0. The van der Waals surface area contributed by atoms with Crippen molar-refractivity contribution in [1.82, 2.24) is 0 Å². The molecule has 64 valence electrons. The van der Waals surface area contributed by atoms with E-state index in [1.807, 2.05) is 0 Å². The summed E-state index contributed by atoms with van der Waals surface area (Å²) < 4.78 is 9.19. The van der Waals surface area contributed by atoms with Gasteiger partial charge in [0, 0.05) is 0 Å². The molecule has 0 aliphatic heterocycles. The molecule has 0 radical (unpaired) electrons. The molecule has 0 unspecified atom stereocenters. The second-order valence-electron chi connectivity index (χ2n) is 1.03. The Hall–Kier alpha value is 1.03. The molecule has 0 aromatic carbocycles. The molecule has 6 nitrogen and oxygen atoms in total. The van der Waals surface area contributed by atoms with Gasteiger partial charge in [-0.25, -0.2) is 4.57 Å². The first kappa shape index (κ1) is 13.6. The van der Waals surface area contributed by atoms with Gasteiger partial charge in [-0.3, -0.25) is 0 Å². The first-order chi connectivity index (χ1) is 4.00. The Morgan fingerprint density at radius 1 is 1.20 bits per heavy atom. The molecule has 0 aliphatic rings. The maximum atomic E-state index is 9.19. The number of thiol groups is 1. The van der Waals surface area contributed by atoms with Crippen molar-refractivity contribution in [2.75, 3.05) is 0 Å². The molecule has 0 fully saturated rings. The van der Waals surface area contributed by atoms with E-state index in [9.17, 15) is 4.57 Å². The van der Waals surface area contributed by atoms with E-state index in [0.717, 1.165) is 0 Å². The van der Waals surface area contributed by atoms with Crippen LogP contribution in [0.1, 0.15) is 1.43 Å². The van der Waals surface area contributed by atoms with Gasteiger partial charge in [0.2, 0.25) is 0 Å². The third-order valence-corrected chi connectivity index (χ3v) is 0. The van der Waals surface area contributed by atoms with Crippen LogP contribution in [0.15, 0.2) is 0 Å². The van der Waals surface area contributed by atoms with Gasteiger partial charge in [-0.15, -0.1) is 0 Å². The van der Waals surface area contributed by atoms with Crippen molar-refractivity contribution in [2.24, 2.45) is 0 Å². The van der Waals surface area contributed by atoms with Crippen molar-refractivity contribution >= 4 is 37.6 Å². The summed E-state index contributed by atoms with van der Waals surface area (Å²) in [5.41, 5.74) is 0. The topological polar surface area (TPSA) is 118 Å². The summed E-state index contributed by atoms with van der Waals surface area (Å²) in [5.74, 6) is 0. The van der Waals surface area contributed by atoms with Gasteiger partial charge in [-0.1, -0.05) is 12.2 Å². The number of hydrogen-bond acceptors (Lipinski definition) is 2. The van der Waals surface area contributed by atoms with E-state index in [2.05, 4.69) is 24.1 Å². The Morgan fingerprint density at radius 2 is 1.20 bits per heavy atom. The van der Waals surface area contributed by atoms with E-state index in [1.54, 1.807) is 0 Å². The third kappa shape index (κ3) is 549. The summed E-state index contributed by atoms with van der Waals surface area (Å²) in [4.78, 5) is 37.7. The quantitative estimate of drug-likeness (QED) is 0.240. The molecule has 0 heterocycles. The van der Waals surface area contributed by atoms with Crippen molar-refractivity contribution in [1.29, 1.82) is 0 Å². The molecule has 10 heavy (non-hydrogen) atoms. The van der Waals surface area contributed by atoms with Crippen LogP contribution in [-0.4, -0.2) is 24.5 Å². The molecule has 5 N–H and O–H groups in total. The smallest absolute Gasteiger partial charge is 0.325 e. The van der Waals surface area contributed by atoms with Crippen LogP contribution in [0.3, 0.4) is 0 Å². The van der Waals surface area contributed by atoms with Gasteiger partial charge >= 0.3 is 14.9 Å². The van der Waals surface area contributed by atoms with Gasteiger partial charge in [0.25, 0.3) is 0 Å². The molecule has 0 aliphatic carbocycles. The molecular formula is H7O6P2S2+. The first-order valence-electron chi connectivity index (χ1n) is 1.57. The minimum absolute atomic E-state index is 0. The highest BCUT2D eigenvalue weighted by Gasteiger charge is 1.97. The fourth-order valence-electron chi connectivity index (χ4n) is 0. The second kappa shape index (κ2) is 4.82. The Balaban J connectivity index is -0.000000107. The van der Waals surface area contributed by atoms with Gasteiger partial charge < -0.3 is 24.5 Å². The molecule has 0 spiro atoms. The SMILES string of the molecule is O=P(O)(O)S.OP(O)(O)=S.[H+]. The molecule has 10 heteroatoms. The Labute approximate surface area is 68.6 Å². The summed E-state index contributed by atoms with van der Waals surface area (Å²) >= 11 is 6.39. The third-order valence-electron chi connectivity index (χ3n) is 0. The lowest BCUT2D eigenvalue weighted by Gasteiger charge is -1.88. The lowest BCUT2D eigenvalue weighted by atomic mass is 15.8. The Morgan fingerprint density at radius 3 is 1.20 bits per heavy atom. The van der Waals surface area contributed by atoms with E-state index in [0.29, 0.717) is 0 Å². The predicted molar refractivity (Wildman–Crippen MR) is 43.1 cm³/mol. The van der Waals surface area contributed by atoms with Crippen molar-refractivity contribution in [2.45, 2.75) is 0 Å². The maximum absolute atomic E-state index is 9.19. The van der Waals surface area contributed by atoms with E-state index in [4.69, 9.17) is 24.5 Å². The van der Waals surface area contributed by atoms with Gasteiger partial charge in [0.15, 0.2) is 0 Å². The van der Waals surface area contributed by atoms with Crippen LogP contribution < -0.4 is 0 Å². The molecule has 0 bridgehead atoms. The van der Waals surface area contributed by atoms with Gasteiger partial charge in [-0.05, 0) is 11.8 Å². The molecule has 0 rings (SSSR count). The normalized spacial score (nSPS) is 11.8. The van der Waals surface area contributed by atoms with E-state index >= 15 is 0 Å². The standard InChI is InChI=1S/2H3O3PS/c2*1-4(2,3)5/h2*(H3,1,2,3,5)/p+1. The van der Waals surface area contributed by atoms with E-state index < -0.39 is 13.5 Å². The van der Waals surface area contributed by atoms with Crippen molar-refractivity contribution in [3.63, 3.8) is 0 Å². The minimum atomic E-state index is -3.94. The van der Waals surface area contributed by atoms with Crippen LogP contribution in [0.4, 0.5) is 0 Å². The zero-order valence-corrected chi connectivity index (χ0v) is 7.89. The van der Waals surface area contributed by atoms with Crippen LogP contribution in [0.2, 0.25) is 0 Å².